The molecule has 0 aromatic heterocycles. The van der Waals surface area contributed by atoms with Crippen molar-refractivity contribution in [2.45, 2.75) is 32.1 Å². The molecule has 2 aromatic carbocycles. The Hall–Kier alpha value is -1.16. The van der Waals surface area contributed by atoms with Crippen LogP contribution in [0.1, 0.15) is 29.7 Å². The van der Waals surface area contributed by atoms with E-state index in [0.29, 0.717) is 0 Å². The van der Waals surface area contributed by atoms with Crippen molar-refractivity contribution in [2.75, 3.05) is 0 Å². The summed E-state index contributed by atoms with van der Waals surface area (Å²) in [5, 5.41) is 0. The van der Waals surface area contributed by atoms with Crippen LogP contribution >= 0.6 is 15.9 Å². The van der Waals surface area contributed by atoms with E-state index in [4.69, 9.17) is 5.73 Å². The van der Waals surface area contributed by atoms with Crippen molar-refractivity contribution in [1.82, 2.24) is 4.90 Å². The number of fused-ring (bicyclic) bond motifs is 1. The topological polar surface area (TPSA) is 29.3 Å². The first kappa shape index (κ1) is 13.8. The molecule has 1 aliphatic rings. The van der Waals surface area contributed by atoms with E-state index in [1.807, 2.05) is 0 Å². The summed E-state index contributed by atoms with van der Waals surface area (Å²) in [5.41, 5.74) is 10.4. The SMILES string of the molecule is CC(N)C(c1ccc(Br)cc1)N1Cc2ccccc2C1. The molecule has 0 aliphatic carbocycles. The Morgan fingerprint density at radius 2 is 1.55 bits per heavy atom. The molecule has 104 valence electrons. The number of halogens is 1. The maximum absolute atomic E-state index is 6.27. The van der Waals surface area contributed by atoms with E-state index in [1.165, 1.54) is 16.7 Å². The van der Waals surface area contributed by atoms with Crippen molar-refractivity contribution >= 4 is 15.9 Å². The molecule has 3 heteroatoms. The van der Waals surface area contributed by atoms with Crippen LogP contribution < -0.4 is 5.73 Å². The molecule has 0 saturated carbocycles. The number of hydrogen-bond acceptors (Lipinski definition) is 2. The zero-order valence-electron chi connectivity index (χ0n) is 11.6. The molecular weight excluding hydrogens is 312 g/mol. The van der Waals surface area contributed by atoms with Gasteiger partial charge in [0.05, 0.1) is 6.04 Å². The molecule has 2 unspecified atom stereocenters. The first-order chi connectivity index (χ1) is 9.65. The van der Waals surface area contributed by atoms with Gasteiger partial charge in [0.2, 0.25) is 0 Å². The van der Waals surface area contributed by atoms with Gasteiger partial charge >= 0.3 is 0 Å². The molecule has 0 saturated heterocycles. The smallest absolute Gasteiger partial charge is 0.0503 e. The van der Waals surface area contributed by atoms with E-state index in [9.17, 15) is 0 Å². The lowest BCUT2D eigenvalue weighted by Crippen LogP contribution is -2.36. The second kappa shape index (κ2) is 5.68. The third kappa shape index (κ3) is 2.66. The fourth-order valence-corrected chi connectivity index (χ4v) is 3.33. The molecule has 0 fully saturated rings. The number of nitrogens with zero attached hydrogens (tertiary/aromatic N) is 1. The molecule has 0 bridgehead atoms. The van der Waals surface area contributed by atoms with Crippen LogP contribution in [0, 0.1) is 0 Å². The summed E-state index contributed by atoms with van der Waals surface area (Å²) in [7, 11) is 0. The van der Waals surface area contributed by atoms with Gasteiger partial charge in [0.1, 0.15) is 0 Å². The van der Waals surface area contributed by atoms with Crippen molar-refractivity contribution in [3.05, 3.63) is 69.7 Å². The van der Waals surface area contributed by atoms with Crippen LogP contribution in [-0.2, 0) is 13.1 Å². The fraction of sp³-hybridized carbons (Fsp3) is 0.294. The highest BCUT2D eigenvalue weighted by Crippen LogP contribution is 2.33. The molecule has 20 heavy (non-hydrogen) atoms. The molecule has 1 aliphatic heterocycles. The minimum Gasteiger partial charge on any atom is -0.326 e. The second-order valence-electron chi connectivity index (χ2n) is 5.53. The van der Waals surface area contributed by atoms with Crippen LogP contribution in [0.15, 0.2) is 53.0 Å². The molecule has 0 radical (unpaired) electrons. The van der Waals surface area contributed by atoms with Crippen LogP contribution in [0.4, 0.5) is 0 Å². The normalized spacial score (nSPS) is 17.8. The van der Waals surface area contributed by atoms with Gasteiger partial charge in [-0.25, -0.2) is 0 Å². The third-order valence-electron chi connectivity index (χ3n) is 3.97. The van der Waals surface area contributed by atoms with E-state index >= 15 is 0 Å². The lowest BCUT2D eigenvalue weighted by atomic mass is 9.99. The van der Waals surface area contributed by atoms with Gasteiger partial charge < -0.3 is 5.73 Å². The maximum atomic E-state index is 6.27. The number of rotatable bonds is 3. The van der Waals surface area contributed by atoms with Crippen molar-refractivity contribution in [3.8, 4) is 0 Å². The van der Waals surface area contributed by atoms with Crippen LogP contribution in [0.3, 0.4) is 0 Å². The van der Waals surface area contributed by atoms with Gasteiger partial charge in [-0.1, -0.05) is 52.3 Å². The van der Waals surface area contributed by atoms with Crippen LogP contribution in [0.5, 0.6) is 0 Å². The van der Waals surface area contributed by atoms with Crippen LogP contribution in [0.2, 0.25) is 0 Å². The Morgan fingerprint density at radius 1 is 1.00 bits per heavy atom. The summed E-state index contributed by atoms with van der Waals surface area (Å²) >= 11 is 3.49. The van der Waals surface area contributed by atoms with Gasteiger partial charge in [-0.15, -0.1) is 0 Å². The molecular formula is C17H19BrN2. The third-order valence-corrected chi connectivity index (χ3v) is 4.50. The minimum absolute atomic E-state index is 0.102. The Morgan fingerprint density at radius 3 is 2.05 bits per heavy atom. The van der Waals surface area contributed by atoms with Gasteiger partial charge in [-0.3, -0.25) is 4.90 Å². The summed E-state index contributed by atoms with van der Waals surface area (Å²) in [6.45, 7) is 4.06. The number of nitrogens with two attached hydrogens (primary N) is 1. The van der Waals surface area contributed by atoms with Gasteiger partial charge in [0.25, 0.3) is 0 Å². The van der Waals surface area contributed by atoms with Gasteiger partial charge in [-0.05, 0) is 35.7 Å². The summed E-state index contributed by atoms with van der Waals surface area (Å²) in [5.74, 6) is 0. The summed E-state index contributed by atoms with van der Waals surface area (Å²) in [6.07, 6.45) is 0. The fourth-order valence-electron chi connectivity index (χ4n) is 3.06. The van der Waals surface area contributed by atoms with Gasteiger partial charge in [0, 0.05) is 23.6 Å². The highest BCUT2D eigenvalue weighted by atomic mass is 79.9. The van der Waals surface area contributed by atoms with Crippen molar-refractivity contribution in [3.63, 3.8) is 0 Å². The largest absolute Gasteiger partial charge is 0.326 e. The minimum atomic E-state index is 0.102. The molecule has 3 rings (SSSR count). The van der Waals surface area contributed by atoms with Gasteiger partial charge in [0.15, 0.2) is 0 Å². The molecule has 2 N–H and O–H groups in total. The molecule has 2 aromatic rings. The summed E-state index contributed by atoms with van der Waals surface area (Å²) < 4.78 is 1.11. The van der Waals surface area contributed by atoms with Crippen molar-refractivity contribution in [1.29, 1.82) is 0 Å². The zero-order valence-corrected chi connectivity index (χ0v) is 13.2. The zero-order chi connectivity index (χ0) is 14.1. The lowest BCUT2D eigenvalue weighted by Gasteiger charge is -2.31. The average Bonchev–Trinajstić information content (AvgIpc) is 2.84. The van der Waals surface area contributed by atoms with E-state index in [0.717, 1.165) is 17.6 Å². The Balaban J connectivity index is 1.88. The van der Waals surface area contributed by atoms with Crippen LogP contribution in [0.25, 0.3) is 0 Å². The van der Waals surface area contributed by atoms with Crippen molar-refractivity contribution in [2.24, 2.45) is 5.73 Å². The highest BCUT2D eigenvalue weighted by Gasteiger charge is 2.29. The van der Waals surface area contributed by atoms with Crippen LogP contribution in [-0.4, -0.2) is 10.9 Å². The van der Waals surface area contributed by atoms with Gasteiger partial charge in [-0.2, -0.15) is 0 Å². The predicted molar refractivity (Wildman–Crippen MR) is 86.2 cm³/mol. The standard InChI is InChI=1S/C17H19BrN2/c1-12(19)17(13-6-8-16(18)9-7-13)20-10-14-4-2-3-5-15(14)11-20/h2-9,12,17H,10-11,19H2,1H3. The molecule has 2 atom stereocenters. The Kier molecular flexibility index (Phi) is 3.92. The first-order valence-electron chi connectivity index (χ1n) is 6.97. The van der Waals surface area contributed by atoms with Crippen molar-refractivity contribution < 1.29 is 0 Å². The first-order valence-corrected chi connectivity index (χ1v) is 7.76. The van der Waals surface area contributed by atoms with E-state index in [2.05, 4.69) is 76.3 Å². The maximum Gasteiger partial charge on any atom is 0.0503 e. The highest BCUT2D eigenvalue weighted by molar-refractivity contribution is 9.10. The lowest BCUT2D eigenvalue weighted by molar-refractivity contribution is 0.178. The molecule has 0 spiro atoms. The Bertz CT molecular complexity index is 567. The van der Waals surface area contributed by atoms with E-state index < -0.39 is 0 Å². The summed E-state index contributed by atoms with van der Waals surface area (Å²) in [6, 6.07) is 17.5. The Labute approximate surface area is 128 Å². The molecule has 2 nitrogen and oxygen atoms in total. The predicted octanol–water partition coefficient (Wildman–Crippen LogP) is 3.85. The molecule has 0 amide bonds. The van der Waals surface area contributed by atoms with E-state index in [-0.39, 0.29) is 12.1 Å². The van der Waals surface area contributed by atoms with E-state index in [1.54, 1.807) is 0 Å². The quantitative estimate of drug-likeness (QED) is 0.926. The second-order valence-corrected chi connectivity index (χ2v) is 6.44. The average molecular weight is 331 g/mol. The monoisotopic (exact) mass is 330 g/mol. The number of hydrogen-bond donors (Lipinski definition) is 1. The number of benzene rings is 2. The molecule has 1 heterocycles. The summed E-state index contributed by atoms with van der Waals surface area (Å²) in [4.78, 5) is 2.47.